The lowest BCUT2D eigenvalue weighted by molar-refractivity contribution is 0.682. The van der Waals surface area contributed by atoms with Gasteiger partial charge in [-0.05, 0) is 35.4 Å². The molecule has 10 nitrogen and oxygen atoms in total. The van der Waals surface area contributed by atoms with E-state index in [9.17, 15) is 0 Å². The van der Waals surface area contributed by atoms with Crippen LogP contribution in [0.1, 0.15) is 12.8 Å². The van der Waals surface area contributed by atoms with E-state index in [4.69, 9.17) is 0 Å². The Hall–Kier alpha value is -3.04. The molecule has 1 saturated heterocycles. The van der Waals surface area contributed by atoms with Gasteiger partial charge in [0.05, 0.1) is 0 Å². The Morgan fingerprint density at radius 3 is 3.12 bits per heavy atom. The van der Waals surface area contributed by atoms with E-state index < -0.39 is 0 Å². The van der Waals surface area contributed by atoms with Crippen molar-refractivity contribution in [2.75, 3.05) is 35.7 Å². The first-order chi connectivity index (χ1) is 11.8. The molecular weight excluding hydrogens is 308 g/mol. The molecule has 0 saturated carbocycles. The molecule has 1 aliphatic heterocycles. The zero-order chi connectivity index (χ0) is 16.4. The molecule has 10 heteroatoms. The van der Waals surface area contributed by atoms with Crippen LogP contribution in [-0.4, -0.2) is 61.4 Å². The SMILES string of the molecule is CNc1cc(N2CCCC2CNc2ccc3nnnn3n2)ncn1. The highest BCUT2D eigenvalue weighted by Gasteiger charge is 2.25. The van der Waals surface area contributed by atoms with Gasteiger partial charge in [0.15, 0.2) is 5.65 Å². The summed E-state index contributed by atoms with van der Waals surface area (Å²) < 4.78 is 1.42. The monoisotopic (exact) mass is 326 g/mol. The zero-order valence-electron chi connectivity index (χ0n) is 13.3. The van der Waals surface area contributed by atoms with Crippen LogP contribution in [0.3, 0.4) is 0 Å². The second kappa shape index (κ2) is 6.22. The Morgan fingerprint density at radius 1 is 1.25 bits per heavy atom. The highest BCUT2D eigenvalue weighted by atomic mass is 15.6. The molecule has 1 atom stereocenters. The first-order valence-corrected chi connectivity index (χ1v) is 7.89. The number of fused-ring (bicyclic) bond motifs is 1. The van der Waals surface area contributed by atoms with E-state index in [1.165, 1.54) is 4.63 Å². The van der Waals surface area contributed by atoms with Crippen LogP contribution in [0.5, 0.6) is 0 Å². The number of aromatic nitrogens is 7. The molecule has 1 fully saturated rings. The maximum atomic E-state index is 4.41. The van der Waals surface area contributed by atoms with Gasteiger partial charge >= 0.3 is 0 Å². The van der Waals surface area contributed by atoms with E-state index in [1.807, 2.05) is 25.2 Å². The molecule has 2 N–H and O–H groups in total. The third-order valence-electron chi connectivity index (χ3n) is 4.17. The highest BCUT2D eigenvalue weighted by molar-refractivity contribution is 5.50. The Balaban J connectivity index is 1.46. The maximum absolute atomic E-state index is 4.41. The zero-order valence-corrected chi connectivity index (χ0v) is 13.3. The standard InChI is InChI=1S/C14H18N10/c1-15-12-7-14(18-9-17-12)23-6-2-3-10(23)8-16-11-4-5-13-19-21-22-24(13)20-11/h4-5,7,9-10H,2-3,6,8H2,1H3,(H,16,20)(H,15,17,18). The van der Waals surface area contributed by atoms with E-state index in [0.717, 1.165) is 43.4 Å². The number of rotatable bonds is 5. The van der Waals surface area contributed by atoms with Crippen molar-refractivity contribution in [3.63, 3.8) is 0 Å². The van der Waals surface area contributed by atoms with E-state index in [-0.39, 0.29) is 0 Å². The molecule has 0 spiro atoms. The molecule has 0 radical (unpaired) electrons. The molecule has 0 amide bonds. The minimum Gasteiger partial charge on any atom is -0.373 e. The van der Waals surface area contributed by atoms with Crippen molar-refractivity contribution in [3.05, 3.63) is 24.5 Å². The number of hydrogen-bond donors (Lipinski definition) is 2. The topological polar surface area (TPSA) is 109 Å². The molecule has 3 aromatic heterocycles. The molecule has 24 heavy (non-hydrogen) atoms. The van der Waals surface area contributed by atoms with Crippen LogP contribution in [0.25, 0.3) is 5.65 Å². The Labute approximate surface area is 138 Å². The van der Waals surface area contributed by atoms with Crippen LogP contribution in [0.2, 0.25) is 0 Å². The fraction of sp³-hybridized carbons (Fsp3) is 0.429. The summed E-state index contributed by atoms with van der Waals surface area (Å²) in [6.45, 7) is 1.77. The number of nitrogens with one attached hydrogen (secondary N) is 2. The van der Waals surface area contributed by atoms with Crippen molar-refractivity contribution in [1.82, 2.24) is 35.2 Å². The van der Waals surface area contributed by atoms with E-state index in [0.29, 0.717) is 11.7 Å². The quantitative estimate of drug-likeness (QED) is 0.690. The Morgan fingerprint density at radius 2 is 2.21 bits per heavy atom. The van der Waals surface area contributed by atoms with Crippen LogP contribution >= 0.6 is 0 Å². The average Bonchev–Trinajstić information content (AvgIpc) is 3.28. The number of hydrogen-bond acceptors (Lipinski definition) is 9. The average molecular weight is 326 g/mol. The summed E-state index contributed by atoms with van der Waals surface area (Å²) in [5.74, 6) is 2.52. The summed E-state index contributed by atoms with van der Waals surface area (Å²) >= 11 is 0. The third-order valence-corrected chi connectivity index (χ3v) is 4.17. The van der Waals surface area contributed by atoms with E-state index in [1.54, 1.807) is 6.33 Å². The lowest BCUT2D eigenvalue weighted by Crippen LogP contribution is -2.35. The first-order valence-electron chi connectivity index (χ1n) is 7.89. The number of nitrogens with zero attached hydrogens (tertiary/aromatic N) is 8. The molecular formula is C14H18N10. The minimum absolute atomic E-state index is 0.357. The van der Waals surface area contributed by atoms with Crippen molar-refractivity contribution in [3.8, 4) is 0 Å². The predicted molar refractivity (Wildman–Crippen MR) is 89.0 cm³/mol. The van der Waals surface area contributed by atoms with Gasteiger partial charge < -0.3 is 15.5 Å². The third kappa shape index (κ3) is 2.77. The summed E-state index contributed by atoms with van der Waals surface area (Å²) in [5, 5.41) is 22.0. The van der Waals surface area contributed by atoms with Gasteiger partial charge in [-0.1, -0.05) is 0 Å². The molecule has 1 aliphatic rings. The van der Waals surface area contributed by atoms with Crippen molar-refractivity contribution < 1.29 is 0 Å². The van der Waals surface area contributed by atoms with Crippen molar-refractivity contribution in [2.24, 2.45) is 0 Å². The van der Waals surface area contributed by atoms with Crippen molar-refractivity contribution in [1.29, 1.82) is 0 Å². The lowest BCUT2D eigenvalue weighted by Gasteiger charge is -2.26. The lowest BCUT2D eigenvalue weighted by atomic mass is 10.2. The van der Waals surface area contributed by atoms with Crippen LogP contribution in [-0.2, 0) is 0 Å². The molecule has 4 heterocycles. The summed E-state index contributed by atoms with van der Waals surface area (Å²) in [6, 6.07) is 6.06. The van der Waals surface area contributed by atoms with E-state index >= 15 is 0 Å². The Kier molecular flexibility index (Phi) is 3.77. The van der Waals surface area contributed by atoms with Crippen LogP contribution < -0.4 is 15.5 Å². The molecule has 3 aromatic rings. The minimum atomic E-state index is 0.357. The van der Waals surface area contributed by atoms with Crippen LogP contribution in [0, 0.1) is 0 Å². The van der Waals surface area contributed by atoms with Crippen molar-refractivity contribution >= 4 is 23.1 Å². The van der Waals surface area contributed by atoms with Gasteiger partial charge in [-0.3, -0.25) is 0 Å². The van der Waals surface area contributed by atoms with Gasteiger partial charge in [0, 0.05) is 32.2 Å². The van der Waals surface area contributed by atoms with Gasteiger partial charge in [-0.25, -0.2) is 9.97 Å². The van der Waals surface area contributed by atoms with Gasteiger partial charge in [0.1, 0.15) is 23.8 Å². The molecule has 0 bridgehead atoms. The smallest absolute Gasteiger partial charge is 0.200 e. The second-order valence-corrected chi connectivity index (χ2v) is 5.63. The van der Waals surface area contributed by atoms with Crippen LogP contribution in [0.15, 0.2) is 24.5 Å². The van der Waals surface area contributed by atoms with Gasteiger partial charge in [-0.2, -0.15) is 0 Å². The summed E-state index contributed by atoms with van der Waals surface area (Å²) in [5.41, 5.74) is 0.628. The second-order valence-electron chi connectivity index (χ2n) is 5.63. The predicted octanol–water partition coefficient (Wildman–Crippen LogP) is 0.432. The van der Waals surface area contributed by atoms with E-state index in [2.05, 4.69) is 46.1 Å². The van der Waals surface area contributed by atoms with Gasteiger partial charge in [0.2, 0.25) is 0 Å². The van der Waals surface area contributed by atoms with Gasteiger partial charge in [0.25, 0.3) is 0 Å². The number of anilines is 3. The molecule has 4 rings (SSSR count). The summed E-state index contributed by atoms with van der Waals surface area (Å²) in [6.07, 6.45) is 3.85. The largest absolute Gasteiger partial charge is 0.373 e. The normalized spacial score (nSPS) is 17.4. The Bertz CT molecular complexity index is 831. The van der Waals surface area contributed by atoms with Crippen LogP contribution in [0.4, 0.5) is 17.5 Å². The summed E-state index contributed by atoms with van der Waals surface area (Å²) in [7, 11) is 1.86. The maximum Gasteiger partial charge on any atom is 0.200 e. The summed E-state index contributed by atoms with van der Waals surface area (Å²) in [4.78, 5) is 10.9. The molecule has 0 aromatic carbocycles. The fourth-order valence-corrected chi connectivity index (χ4v) is 2.96. The number of tetrazole rings is 1. The fourth-order valence-electron chi connectivity index (χ4n) is 2.96. The molecule has 124 valence electrons. The van der Waals surface area contributed by atoms with Crippen molar-refractivity contribution in [2.45, 2.75) is 18.9 Å². The highest BCUT2D eigenvalue weighted by Crippen LogP contribution is 2.25. The molecule has 1 unspecified atom stereocenters. The molecule has 0 aliphatic carbocycles. The van der Waals surface area contributed by atoms with Gasteiger partial charge in [-0.15, -0.1) is 14.8 Å². The first kappa shape index (κ1) is 14.5.